The molecule has 0 spiro atoms. The molecule has 0 atom stereocenters. The Labute approximate surface area is 73.2 Å². The van der Waals surface area contributed by atoms with Gasteiger partial charge in [0.1, 0.15) is 0 Å². The van der Waals surface area contributed by atoms with Gasteiger partial charge in [-0.05, 0) is 12.1 Å². The third-order valence-electron chi connectivity index (χ3n) is 1.83. The third kappa shape index (κ3) is 1.12. The van der Waals surface area contributed by atoms with E-state index in [0.717, 1.165) is 0 Å². The van der Waals surface area contributed by atoms with Crippen molar-refractivity contribution in [2.75, 3.05) is 0 Å². The molecule has 1 N–H and O–H groups in total. The van der Waals surface area contributed by atoms with Gasteiger partial charge in [0.25, 0.3) is 5.56 Å². The van der Waals surface area contributed by atoms with Crippen molar-refractivity contribution in [3.05, 3.63) is 40.4 Å². The highest BCUT2D eigenvalue weighted by atomic mass is 16.1. The van der Waals surface area contributed by atoms with Crippen LogP contribution in [0.2, 0.25) is 0 Å². The number of H-pyrrole nitrogens is 1. The summed E-state index contributed by atoms with van der Waals surface area (Å²) in [6, 6.07) is 4.92. The lowest BCUT2D eigenvalue weighted by Crippen LogP contribution is -2.06. The Kier molecular flexibility index (Phi) is 1.66. The number of hydrogen-bond donors (Lipinski definition) is 1. The summed E-state index contributed by atoms with van der Waals surface area (Å²) in [6.07, 6.45) is 1.98. The van der Waals surface area contributed by atoms with E-state index in [4.69, 9.17) is 0 Å². The van der Waals surface area contributed by atoms with Gasteiger partial charge in [-0.3, -0.25) is 9.59 Å². The number of aldehydes is 1. The Morgan fingerprint density at radius 2 is 2.23 bits per heavy atom. The van der Waals surface area contributed by atoms with E-state index in [0.29, 0.717) is 22.8 Å². The van der Waals surface area contributed by atoms with Gasteiger partial charge in [-0.25, -0.2) is 4.98 Å². The lowest BCUT2D eigenvalue weighted by molar-refractivity contribution is 0.112. The minimum absolute atomic E-state index is 0.228. The van der Waals surface area contributed by atoms with Gasteiger partial charge in [0, 0.05) is 5.56 Å². The van der Waals surface area contributed by atoms with E-state index in [9.17, 15) is 9.59 Å². The molecule has 1 aromatic heterocycles. The first-order valence-corrected chi connectivity index (χ1v) is 3.74. The van der Waals surface area contributed by atoms with Crippen molar-refractivity contribution in [3.63, 3.8) is 0 Å². The van der Waals surface area contributed by atoms with Gasteiger partial charge in [0.2, 0.25) is 0 Å². The standard InChI is InChI=1S/C9H6N2O2/c12-4-6-2-1-3-7-8(6)10-5-11-9(7)13/h1-5H,(H,10,11,13). The maximum atomic E-state index is 11.2. The van der Waals surface area contributed by atoms with Crippen molar-refractivity contribution >= 4 is 17.2 Å². The largest absolute Gasteiger partial charge is 0.313 e. The number of carbonyl (C=O) groups is 1. The van der Waals surface area contributed by atoms with Gasteiger partial charge in [0.05, 0.1) is 17.2 Å². The Morgan fingerprint density at radius 3 is 3.00 bits per heavy atom. The van der Waals surface area contributed by atoms with E-state index in [1.165, 1.54) is 6.33 Å². The molecule has 0 bridgehead atoms. The molecular formula is C9H6N2O2. The van der Waals surface area contributed by atoms with Crippen molar-refractivity contribution < 1.29 is 4.79 Å². The first-order chi connectivity index (χ1) is 6.33. The molecule has 0 saturated heterocycles. The minimum Gasteiger partial charge on any atom is -0.313 e. The Hall–Kier alpha value is -1.97. The summed E-state index contributed by atoms with van der Waals surface area (Å²) in [4.78, 5) is 28.2. The normalized spacial score (nSPS) is 10.2. The van der Waals surface area contributed by atoms with Gasteiger partial charge in [-0.2, -0.15) is 0 Å². The van der Waals surface area contributed by atoms with Gasteiger partial charge in [-0.15, -0.1) is 0 Å². The van der Waals surface area contributed by atoms with E-state index in [1.54, 1.807) is 18.2 Å². The van der Waals surface area contributed by atoms with Crippen LogP contribution in [0.25, 0.3) is 10.9 Å². The number of benzene rings is 1. The monoisotopic (exact) mass is 174 g/mol. The molecule has 1 heterocycles. The maximum Gasteiger partial charge on any atom is 0.258 e. The van der Waals surface area contributed by atoms with Crippen LogP contribution in [0.5, 0.6) is 0 Å². The van der Waals surface area contributed by atoms with Crippen molar-refractivity contribution in [3.8, 4) is 0 Å². The molecule has 1 aromatic carbocycles. The average molecular weight is 174 g/mol. The molecule has 0 radical (unpaired) electrons. The van der Waals surface area contributed by atoms with Crippen LogP contribution in [0.15, 0.2) is 29.3 Å². The number of rotatable bonds is 1. The summed E-state index contributed by atoms with van der Waals surface area (Å²) in [5.74, 6) is 0. The second-order valence-electron chi connectivity index (χ2n) is 2.59. The Bertz CT molecular complexity index is 516. The van der Waals surface area contributed by atoms with E-state index in [2.05, 4.69) is 9.97 Å². The molecule has 0 unspecified atom stereocenters. The molecule has 2 rings (SSSR count). The summed E-state index contributed by atoms with van der Waals surface area (Å²) in [7, 11) is 0. The summed E-state index contributed by atoms with van der Waals surface area (Å²) >= 11 is 0. The van der Waals surface area contributed by atoms with Crippen LogP contribution >= 0.6 is 0 Å². The second kappa shape index (κ2) is 2.82. The molecule has 0 fully saturated rings. The minimum atomic E-state index is -0.228. The fourth-order valence-corrected chi connectivity index (χ4v) is 1.22. The fraction of sp³-hybridized carbons (Fsp3) is 0. The first-order valence-electron chi connectivity index (χ1n) is 3.74. The molecule has 4 nitrogen and oxygen atoms in total. The topological polar surface area (TPSA) is 62.8 Å². The van der Waals surface area contributed by atoms with Gasteiger partial charge in [-0.1, -0.05) is 6.07 Å². The molecule has 0 aliphatic heterocycles. The fourth-order valence-electron chi connectivity index (χ4n) is 1.22. The lowest BCUT2D eigenvalue weighted by atomic mass is 10.1. The summed E-state index contributed by atoms with van der Waals surface area (Å²) in [5, 5.41) is 0.437. The molecule has 13 heavy (non-hydrogen) atoms. The molecule has 0 aliphatic rings. The predicted octanol–water partition coefficient (Wildman–Crippen LogP) is 0.736. The van der Waals surface area contributed by atoms with Gasteiger partial charge >= 0.3 is 0 Å². The Balaban J connectivity index is 3.00. The number of carbonyl (C=O) groups excluding carboxylic acids is 1. The van der Waals surface area contributed by atoms with Crippen molar-refractivity contribution in [2.24, 2.45) is 0 Å². The van der Waals surface area contributed by atoms with Crippen molar-refractivity contribution in [1.82, 2.24) is 9.97 Å². The van der Waals surface area contributed by atoms with Crippen LogP contribution < -0.4 is 5.56 Å². The number of hydrogen-bond acceptors (Lipinski definition) is 3. The predicted molar refractivity (Wildman–Crippen MR) is 47.8 cm³/mol. The van der Waals surface area contributed by atoms with Crippen molar-refractivity contribution in [1.29, 1.82) is 0 Å². The van der Waals surface area contributed by atoms with Gasteiger partial charge < -0.3 is 4.98 Å². The van der Waals surface area contributed by atoms with Crippen molar-refractivity contribution in [2.45, 2.75) is 0 Å². The van der Waals surface area contributed by atoms with E-state index >= 15 is 0 Å². The number of nitrogens with zero attached hydrogens (tertiary/aromatic N) is 1. The Morgan fingerprint density at radius 1 is 1.38 bits per heavy atom. The zero-order valence-electron chi connectivity index (χ0n) is 6.65. The van der Waals surface area contributed by atoms with Crippen LogP contribution in [0, 0.1) is 0 Å². The number of aromatic amines is 1. The van der Waals surface area contributed by atoms with E-state index < -0.39 is 0 Å². The number of fused-ring (bicyclic) bond motifs is 1. The molecule has 4 heteroatoms. The molecule has 2 aromatic rings. The molecule has 0 aliphatic carbocycles. The van der Waals surface area contributed by atoms with Crippen LogP contribution in [-0.4, -0.2) is 16.3 Å². The van der Waals surface area contributed by atoms with Crippen LogP contribution in [0.4, 0.5) is 0 Å². The van der Waals surface area contributed by atoms with E-state index in [1.807, 2.05) is 0 Å². The summed E-state index contributed by atoms with van der Waals surface area (Å²) < 4.78 is 0. The summed E-state index contributed by atoms with van der Waals surface area (Å²) in [5.41, 5.74) is 0.651. The first kappa shape index (κ1) is 7.67. The van der Waals surface area contributed by atoms with Crippen LogP contribution in [-0.2, 0) is 0 Å². The SMILES string of the molecule is O=Cc1cccc2c(=O)[nH]cnc12. The zero-order valence-corrected chi connectivity index (χ0v) is 6.65. The lowest BCUT2D eigenvalue weighted by Gasteiger charge is -1.96. The van der Waals surface area contributed by atoms with Crippen LogP contribution in [0.1, 0.15) is 10.4 Å². The highest BCUT2D eigenvalue weighted by Crippen LogP contribution is 2.09. The number of aromatic nitrogens is 2. The third-order valence-corrected chi connectivity index (χ3v) is 1.83. The smallest absolute Gasteiger partial charge is 0.258 e. The highest BCUT2D eigenvalue weighted by Gasteiger charge is 2.02. The molecule has 0 saturated carbocycles. The number of para-hydroxylation sites is 1. The molecule has 0 amide bonds. The quantitative estimate of drug-likeness (QED) is 0.648. The average Bonchev–Trinajstić information content (AvgIpc) is 2.18. The maximum absolute atomic E-state index is 11.2. The second-order valence-corrected chi connectivity index (χ2v) is 2.59. The highest BCUT2D eigenvalue weighted by molar-refractivity contribution is 5.94. The molecular weight excluding hydrogens is 168 g/mol. The zero-order chi connectivity index (χ0) is 9.26. The molecule has 64 valence electrons. The number of nitrogens with one attached hydrogen (secondary N) is 1. The van der Waals surface area contributed by atoms with E-state index in [-0.39, 0.29) is 5.56 Å². The summed E-state index contributed by atoms with van der Waals surface area (Å²) in [6.45, 7) is 0. The van der Waals surface area contributed by atoms with Crippen LogP contribution in [0.3, 0.4) is 0 Å². The van der Waals surface area contributed by atoms with Gasteiger partial charge in [0.15, 0.2) is 6.29 Å².